The van der Waals surface area contributed by atoms with Crippen LogP contribution in [0.3, 0.4) is 0 Å². The predicted molar refractivity (Wildman–Crippen MR) is 63.7 cm³/mol. The molecule has 0 radical (unpaired) electrons. The van der Waals surface area contributed by atoms with E-state index >= 15 is 0 Å². The van der Waals surface area contributed by atoms with Crippen molar-refractivity contribution in [2.45, 2.75) is 6.42 Å². The summed E-state index contributed by atoms with van der Waals surface area (Å²) in [5, 5.41) is 0. The summed E-state index contributed by atoms with van der Waals surface area (Å²) in [6, 6.07) is 8.13. The molecule has 0 aromatic heterocycles. The minimum Gasteiger partial charge on any atom is -0.427 e. The molecule has 0 amide bonds. The highest BCUT2D eigenvalue weighted by atomic mass is 127. The molecule has 1 aromatic rings. The maximum atomic E-state index is 5.16. The number of benzene rings is 1. The summed E-state index contributed by atoms with van der Waals surface area (Å²) in [6.07, 6.45) is 1.08. The maximum absolute atomic E-state index is 5.16. The van der Waals surface area contributed by atoms with E-state index in [0.717, 1.165) is 16.6 Å². The first-order chi connectivity index (χ1) is 5.38. The van der Waals surface area contributed by atoms with E-state index in [4.69, 9.17) is 3.07 Å². The lowest BCUT2D eigenvalue weighted by molar-refractivity contribution is 0.703. The van der Waals surface area contributed by atoms with E-state index in [-0.39, 0.29) is 0 Å². The fourth-order valence-corrected chi connectivity index (χ4v) is 1.90. The number of aryl methyl sites for hydroxylation is 1. The molecule has 0 aliphatic heterocycles. The second-order valence-electron chi connectivity index (χ2n) is 2.12. The van der Waals surface area contributed by atoms with Gasteiger partial charge in [-0.25, -0.2) is 0 Å². The number of para-hydroxylation sites is 1. The monoisotopic (exact) mass is 374 g/mol. The van der Waals surface area contributed by atoms with Gasteiger partial charge in [0, 0.05) is 4.43 Å². The van der Waals surface area contributed by atoms with E-state index in [0.29, 0.717) is 0 Å². The van der Waals surface area contributed by atoms with E-state index in [1.165, 1.54) is 5.56 Å². The Balaban J connectivity index is 2.83. The normalized spacial score (nSPS) is 9.64. The van der Waals surface area contributed by atoms with Crippen LogP contribution in [-0.2, 0) is 6.42 Å². The highest BCUT2D eigenvalue weighted by molar-refractivity contribution is 14.1. The van der Waals surface area contributed by atoms with E-state index in [1.54, 1.807) is 0 Å². The van der Waals surface area contributed by atoms with Crippen LogP contribution in [0.4, 0.5) is 0 Å². The Hall–Kier alpha value is 0.480. The summed E-state index contributed by atoms with van der Waals surface area (Å²) in [5.41, 5.74) is 1.29. The van der Waals surface area contributed by atoms with Gasteiger partial charge in [-0.1, -0.05) is 40.8 Å². The largest absolute Gasteiger partial charge is 0.427 e. The Bertz CT molecular complexity index is 225. The lowest BCUT2D eigenvalue weighted by atomic mass is 10.1. The van der Waals surface area contributed by atoms with Crippen molar-refractivity contribution in [2.75, 3.05) is 4.43 Å². The minimum absolute atomic E-state index is 0.991. The summed E-state index contributed by atoms with van der Waals surface area (Å²) < 4.78 is 6.30. The summed E-state index contributed by atoms with van der Waals surface area (Å²) in [6.45, 7) is 0. The zero-order valence-electron chi connectivity index (χ0n) is 5.89. The topological polar surface area (TPSA) is 9.23 Å². The Morgan fingerprint density at radius 2 is 2.00 bits per heavy atom. The van der Waals surface area contributed by atoms with Crippen LogP contribution in [0.1, 0.15) is 5.56 Å². The highest BCUT2D eigenvalue weighted by Crippen LogP contribution is 2.20. The van der Waals surface area contributed by atoms with Gasteiger partial charge in [0.2, 0.25) is 0 Å². The molecular formula is C8H8I2O. The van der Waals surface area contributed by atoms with E-state index in [2.05, 4.69) is 28.7 Å². The minimum atomic E-state index is 0.991. The standard InChI is InChI=1S/C8H8I2O/c9-6-5-7-3-1-2-4-8(7)11-10/h1-4H,5-6H2. The van der Waals surface area contributed by atoms with Gasteiger partial charge in [0.1, 0.15) is 5.75 Å². The van der Waals surface area contributed by atoms with Gasteiger partial charge in [0.15, 0.2) is 23.0 Å². The molecule has 0 atom stereocenters. The first-order valence-corrected chi connectivity index (χ1v) is 5.71. The molecule has 1 aromatic carbocycles. The quantitative estimate of drug-likeness (QED) is 0.583. The smallest absolute Gasteiger partial charge is 0.192 e. The molecule has 0 saturated heterocycles. The van der Waals surface area contributed by atoms with Gasteiger partial charge in [-0.05, 0) is 18.1 Å². The molecule has 0 heterocycles. The zero-order chi connectivity index (χ0) is 8.10. The third-order valence-corrected chi connectivity index (χ3v) is 2.43. The van der Waals surface area contributed by atoms with Crippen molar-refractivity contribution in [3.05, 3.63) is 29.8 Å². The lowest BCUT2D eigenvalue weighted by Gasteiger charge is -2.03. The van der Waals surface area contributed by atoms with Crippen molar-refractivity contribution >= 4 is 45.6 Å². The van der Waals surface area contributed by atoms with Gasteiger partial charge >= 0.3 is 0 Å². The molecule has 0 aliphatic rings. The molecule has 0 spiro atoms. The van der Waals surface area contributed by atoms with Crippen molar-refractivity contribution in [2.24, 2.45) is 0 Å². The molecule has 0 bridgehead atoms. The van der Waals surface area contributed by atoms with Crippen LogP contribution in [0, 0.1) is 0 Å². The number of hydrogen-bond acceptors (Lipinski definition) is 1. The highest BCUT2D eigenvalue weighted by Gasteiger charge is 1.99. The number of alkyl halides is 1. The molecule has 0 aliphatic carbocycles. The average molecular weight is 374 g/mol. The molecule has 0 unspecified atom stereocenters. The van der Waals surface area contributed by atoms with Crippen LogP contribution >= 0.6 is 45.6 Å². The number of rotatable bonds is 3. The number of hydrogen-bond donors (Lipinski definition) is 0. The van der Waals surface area contributed by atoms with Crippen LogP contribution in [0.5, 0.6) is 5.75 Å². The Morgan fingerprint density at radius 1 is 1.27 bits per heavy atom. The third kappa shape index (κ3) is 2.77. The summed E-state index contributed by atoms with van der Waals surface area (Å²) in [7, 11) is 0. The lowest BCUT2D eigenvalue weighted by Crippen LogP contribution is -1.88. The van der Waals surface area contributed by atoms with Crippen LogP contribution in [-0.4, -0.2) is 4.43 Å². The molecule has 0 fully saturated rings. The van der Waals surface area contributed by atoms with Gasteiger partial charge in [-0.2, -0.15) is 0 Å². The second kappa shape index (κ2) is 5.18. The van der Waals surface area contributed by atoms with Gasteiger partial charge in [0.25, 0.3) is 0 Å². The fourth-order valence-electron chi connectivity index (χ4n) is 0.887. The van der Waals surface area contributed by atoms with E-state index in [1.807, 2.05) is 41.2 Å². The third-order valence-electron chi connectivity index (χ3n) is 1.42. The SMILES string of the molecule is ICCc1ccccc1OI. The fraction of sp³-hybridized carbons (Fsp3) is 0.250. The Labute approximate surface area is 94.4 Å². The van der Waals surface area contributed by atoms with Gasteiger partial charge in [-0.3, -0.25) is 0 Å². The van der Waals surface area contributed by atoms with Gasteiger partial charge < -0.3 is 3.07 Å². The molecule has 60 valence electrons. The Kier molecular flexibility index (Phi) is 4.51. The van der Waals surface area contributed by atoms with Crippen molar-refractivity contribution < 1.29 is 3.07 Å². The molecule has 1 rings (SSSR count). The van der Waals surface area contributed by atoms with E-state index < -0.39 is 0 Å². The van der Waals surface area contributed by atoms with Crippen LogP contribution in [0.15, 0.2) is 24.3 Å². The molecule has 11 heavy (non-hydrogen) atoms. The number of halogens is 2. The van der Waals surface area contributed by atoms with Gasteiger partial charge in [0.05, 0.1) is 0 Å². The molecular weight excluding hydrogens is 366 g/mol. The Morgan fingerprint density at radius 3 is 2.64 bits per heavy atom. The first-order valence-electron chi connectivity index (χ1n) is 3.31. The first kappa shape index (κ1) is 9.57. The van der Waals surface area contributed by atoms with Crippen LogP contribution in [0.25, 0.3) is 0 Å². The van der Waals surface area contributed by atoms with Crippen molar-refractivity contribution in [3.63, 3.8) is 0 Å². The van der Waals surface area contributed by atoms with Crippen LogP contribution in [0.2, 0.25) is 0 Å². The predicted octanol–water partition coefficient (Wildman–Crippen LogP) is 3.39. The molecule has 1 nitrogen and oxygen atoms in total. The zero-order valence-corrected chi connectivity index (χ0v) is 10.2. The second-order valence-corrected chi connectivity index (χ2v) is 3.64. The van der Waals surface area contributed by atoms with E-state index in [9.17, 15) is 0 Å². The van der Waals surface area contributed by atoms with Crippen LogP contribution < -0.4 is 3.07 Å². The molecule has 0 N–H and O–H groups in total. The van der Waals surface area contributed by atoms with Crippen molar-refractivity contribution in [1.29, 1.82) is 0 Å². The van der Waals surface area contributed by atoms with Gasteiger partial charge in [-0.15, -0.1) is 0 Å². The average Bonchev–Trinajstić information content (AvgIpc) is 2.06. The molecule has 3 heteroatoms. The summed E-state index contributed by atoms with van der Waals surface area (Å²) in [4.78, 5) is 0. The summed E-state index contributed by atoms with van der Waals surface area (Å²) >= 11 is 4.28. The maximum Gasteiger partial charge on any atom is 0.192 e. The summed E-state index contributed by atoms with van der Waals surface area (Å²) in [5.74, 6) is 0.991. The van der Waals surface area contributed by atoms with Crippen molar-refractivity contribution in [1.82, 2.24) is 0 Å². The molecule has 0 saturated carbocycles. The van der Waals surface area contributed by atoms with Crippen molar-refractivity contribution in [3.8, 4) is 5.75 Å².